The summed E-state index contributed by atoms with van der Waals surface area (Å²) in [6.07, 6.45) is 9.36. The molecule has 0 saturated heterocycles. The van der Waals surface area contributed by atoms with Crippen molar-refractivity contribution in [3.63, 3.8) is 0 Å². The summed E-state index contributed by atoms with van der Waals surface area (Å²) >= 11 is 0. The van der Waals surface area contributed by atoms with E-state index in [-0.39, 0.29) is 60.7 Å². The second-order valence-corrected chi connectivity index (χ2v) is 13.6. The van der Waals surface area contributed by atoms with Crippen molar-refractivity contribution in [1.29, 1.82) is 0 Å². The van der Waals surface area contributed by atoms with Gasteiger partial charge in [-0.1, -0.05) is 66.7 Å². The number of rotatable bonds is 6. The fraction of sp³-hybridized carbons (Fsp3) is 0.667. The Balaban J connectivity index is 2.37. The summed E-state index contributed by atoms with van der Waals surface area (Å²) in [5.74, 6) is -1.93. The fourth-order valence-corrected chi connectivity index (χ4v) is 5.51. The number of hydrogen-bond acceptors (Lipinski definition) is 7. The van der Waals surface area contributed by atoms with Crippen LogP contribution in [-0.2, 0) is 14.4 Å². The second kappa shape index (κ2) is 21.2. The summed E-state index contributed by atoms with van der Waals surface area (Å²) in [5, 5.41) is 9.11. The van der Waals surface area contributed by atoms with Crippen molar-refractivity contribution in [3.8, 4) is 5.75 Å². The normalized spacial score (nSPS) is 21.9. The molecular formula is C36H59FN6O5. The van der Waals surface area contributed by atoms with E-state index in [0.717, 1.165) is 63.6 Å². The number of carbonyl (C=O) groups excluding carboxylic acids is 4. The van der Waals surface area contributed by atoms with E-state index >= 15 is 0 Å². The van der Waals surface area contributed by atoms with Crippen LogP contribution < -0.4 is 26.4 Å². The summed E-state index contributed by atoms with van der Waals surface area (Å²) in [4.78, 5) is 56.7. The number of halogens is 1. The third-order valence-electron chi connectivity index (χ3n) is 8.39. The number of carbonyl (C=O) groups is 4. The van der Waals surface area contributed by atoms with Gasteiger partial charge in [0.2, 0.25) is 17.7 Å². The van der Waals surface area contributed by atoms with Gasteiger partial charge in [-0.25, -0.2) is 4.39 Å². The minimum absolute atomic E-state index is 0.00113. The number of benzene rings is 1. The molecule has 4 amide bonds. The average Bonchev–Trinajstić information content (AvgIpc) is 3.02. The highest BCUT2D eigenvalue weighted by Crippen LogP contribution is 2.22. The van der Waals surface area contributed by atoms with E-state index in [2.05, 4.69) is 29.8 Å². The molecule has 0 bridgehead atoms. The van der Waals surface area contributed by atoms with Crippen molar-refractivity contribution >= 4 is 23.6 Å². The number of unbranched alkanes of at least 4 members (excludes halogenated alkanes) is 1. The zero-order valence-corrected chi connectivity index (χ0v) is 29.9. The van der Waals surface area contributed by atoms with Gasteiger partial charge in [0.05, 0.1) is 24.4 Å². The van der Waals surface area contributed by atoms with Crippen molar-refractivity contribution < 1.29 is 28.3 Å². The molecule has 48 heavy (non-hydrogen) atoms. The SMILES string of the molecule is CCCCN1CC(=O)N(C)CC(=O)NC(C(C)C)CCCCCCCN/C=C(\N)COc2cc(F)ccc2C(=O)NC(CC(C)C)C1=O. The lowest BCUT2D eigenvalue weighted by molar-refractivity contribution is -0.142. The Morgan fingerprint density at radius 3 is 2.40 bits per heavy atom. The predicted octanol–water partition coefficient (Wildman–Crippen LogP) is 4.32. The molecule has 0 saturated carbocycles. The van der Waals surface area contributed by atoms with E-state index in [1.165, 1.54) is 15.9 Å². The van der Waals surface area contributed by atoms with Crippen LogP contribution in [0.2, 0.25) is 0 Å². The topological polar surface area (TPSA) is 146 Å². The van der Waals surface area contributed by atoms with Crippen molar-refractivity contribution in [2.24, 2.45) is 17.6 Å². The van der Waals surface area contributed by atoms with Crippen LogP contribution in [0.4, 0.5) is 4.39 Å². The van der Waals surface area contributed by atoms with E-state index in [4.69, 9.17) is 10.5 Å². The Morgan fingerprint density at radius 2 is 1.71 bits per heavy atom. The zero-order valence-electron chi connectivity index (χ0n) is 29.9. The molecule has 0 radical (unpaired) electrons. The highest BCUT2D eigenvalue weighted by molar-refractivity contribution is 6.00. The molecule has 270 valence electrons. The summed E-state index contributed by atoms with van der Waals surface area (Å²) in [7, 11) is 1.56. The Morgan fingerprint density at radius 1 is 1.00 bits per heavy atom. The molecule has 1 aliphatic rings. The Bertz CT molecular complexity index is 1220. The zero-order chi connectivity index (χ0) is 35.6. The highest BCUT2D eigenvalue weighted by Gasteiger charge is 2.30. The van der Waals surface area contributed by atoms with Crippen LogP contribution in [0.3, 0.4) is 0 Å². The Kier molecular flexibility index (Phi) is 17.8. The van der Waals surface area contributed by atoms with Crippen LogP contribution in [0, 0.1) is 17.7 Å². The molecule has 5 N–H and O–H groups in total. The maximum Gasteiger partial charge on any atom is 0.255 e. The van der Waals surface area contributed by atoms with Crippen LogP contribution in [0.1, 0.15) is 103 Å². The lowest BCUT2D eigenvalue weighted by atomic mass is 9.97. The molecule has 2 unspecified atom stereocenters. The van der Waals surface area contributed by atoms with Crippen molar-refractivity contribution in [1.82, 2.24) is 25.8 Å². The minimum Gasteiger partial charge on any atom is -0.486 e. The van der Waals surface area contributed by atoms with Gasteiger partial charge in [-0.15, -0.1) is 0 Å². The molecular weight excluding hydrogens is 615 g/mol. The summed E-state index contributed by atoms with van der Waals surface area (Å²) in [5.41, 5.74) is 6.56. The molecule has 2 rings (SSSR count). The van der Waals surface area contributed by atoms with E-state index in [1.54, 1.807) is 13.2 Å². The monoisotopic (exact) mass is 674 g/mol. The minimum atomic E-state index is -0.951. The molecule has 0 aromatic heterocycles. The Hall–Kier alpha value is -3.83. The van der Waals surface area contributed by atoms with Crippen LogP contribution in [0.5, 0.6) is 5.75 Å². The van der Waals surface area contributed by atoms with E-state index in [1.807, 2.05) is 20.8 Å². The van der Waals surface area contributed by atoms with Crippen molar-refractivity contribution in [2.75, 3.05) is 39.8 Å². The summed E-state index contributed by atoms with van der Waals surface area (Å²) in [6.45, 7) is 10.6. The number of nitrogens with zero attached hydrogens (tertiary/aromatic N) is 2. The molecule has 11 nitrogen and oxygen atoms in total. The molecule has 1 aromatic carbocycles. The Labute approximate surface area is 286 Å². The van der Waals surface area contributed by atoms with Crippen LogP contribution in [0.25, 0.3) is 0 Å². The molecule has 2 atom stereocenters. The number of nitrogens with one attached hydrogen (secondary N) is 3. The standard InChI is InChI=1S/C36H59FN6O5/c1-7-8-18-43-23-34(45)42(6)22-33(44)40-30(26(4)5)14-12-10-9-11-13-17-39-21-28(38)24-48-32-20-27(37)15-16-29(32)35(46)41-31(36(43)47)19-25(2)3/h15-16,20-21,25-26,30-31,39H,7-14,17-19,22-24,38H2,1-6H3,(H,40,44)(H,41,46)/b28-21-. The first-order valence-corrected chi connectivity index (χ1v) is 17.6. The van der Waals surface area contributed by atoms with Gasteiger partial charge in [-0.05, 0) is 49.7 Å². The van der Waals surface area contributed by atoms with Gasteiger partial charge in [-0.2, -0.15) is 0 Å². The number of amides is 4. The predicted molar refractivity (Wildman–Crippen MR) is 186 cm³/mol. The van der Waals surface area contributed by atoms with Gasteiger partial charge in [0.15, 0.2) is 0 Å². The molecule has 0 fully saturated rings. The number of fused-ring (bicyclic) bond motifs is 1. The lowest BCUT2D eigenvalue weighted by Crippen LogP contribution is -2.52. The first kappa shape index (κ1) is 40.3. The van der Waals surface area contributed by atoms with Gasteiger partial charge in [0, 0.05) is 38.4 Å². The number of ether oxygens (including phenoxy) is 1. The summed E-state index contributed by atoms with van der Waals surface area (Å²) in [6, 6.07) is 2.63. The first-order valence-electron chi connectivity index (χ1n) is 17.6. The molecule has 0 aliphatic carbocycles. The fourth-order valence-electron chi connectivity index (χ4n) is 5.51. The third kappa shape index (κ3) is 14.5. The largest absolute Gasteiger partial charge is 0.486 e. The maximum absolute atomic E-state index is 14.3. The lowest BCUT2D eigenvalue weighted by Gasteiger charge is -2.30. The highest BCUT2D eigenvalue weighted by atomic mass is 19.1. The number of likely N-dealkylation sites (N-methyl/N-ethyl adjacent to an activating group) is 1. The summed E-state index contributed by atoms with van der Waals surface area (Å²) < 4.78 is 20.0. The van der Waals surface area contributed by atoms with Crippen molar-refractivity contribution in [3.05, 3.63) is 41.5 Å². The van der Waals surface area contributed by atoms with E-state index in [0.29, 0.717) is 25.1 Å². The number of nitrogens with two attached hydrogens (primary N) is 1. The van der Waals surface area contributed by atoms with Gasteiger partial charge in [-0.3, -0.25) is 19.2 Å². The van der Waals surface area contributed by atoms with E-state index < -0.39 is 23.7 Å². The smallest absolute Gasteiger partial charge is 0.255 e. The maximum atomic E-state index is 14.3. The second-order valence-electron chi connectivity index (χ2n) is 13.6. The molecule has 1 aliphatic heterocycles. The van der Waals surface area contributed by atoms with Crippen LogP contribution >= 0.6 is 0 Å². The molecule has 0 spiro atoms. The molecule has 1 heterocycles. The molecule has 12 heteroatoms. The number of hydrogen-bond donors (Lipinski definition) is 4. The van der Waals surface area contributed by atoms with Gasteiger partial charge < -0.3 is 36.2 Å². The first-order chi connectivity index (χ1) is 22.8. The van der Waals surface area contributed by atoms with Crippen molar-refractivity contribution in [2.45, 2.75) is 104 Å². The van der Waals surface area contributed by atoms with Crippen LogP contribution in [-0.4, -0.2) is 85.3 Å². The van der Waals surface area contributed by atoms with Gasteiger partial charge in [0.25, 0.3) is 5.91 Å². The quantitative estimate of drug-likeness (QED) is 0.352. The van der Waals surface area contributed by atoms with Gasteiger partial charge >= 0.3 is 0 Å². The van der Waals surface area contributed by atoms with Gasteiger partial charge in [0.1, 0.15) is 24.2 Å². The van der Waals surface area contributed by atoms with E-state index in [9.17, 15) is 23.6 Å². The average molecular weight is 675 g/mol. The van der Waals surface area contributed by atoms with Crippen LogP contribution in [0.15, 0.2) is 30.1 Å². The molecule has 1 aromatic rings. The third-order valence-corrected chi connectivity index (χ3v) is 8.39.